The molecular formula is C17H27N3O3S. The number of hydrogen-bond donors (Lipinski definition) is 0. The molecule has 0 radical (unpaired) electrons. The fourth-order valence-electron chi connectivity index (χ4n) is 3.91. The Hall–Kier alpha value is -1.18. The maximum absolute atomic E-state index is 12.7. The van der Waals surface area contributed by atoms with E-state index in [9.17, 15) is 9.59 Å². The van der Waals surface area contributed by atoms with Gasteiger partial charge in [0.1, 0.15) is 6.54 Å². The third kappa shape index (κ3) is 3.90. The van der Waals surface area contributed by atoms with Crippen LogP contribution in [0.4, 0.5) is 0 Å². The van der Waals surface area contributed by atoms with Gasteiger partial charge in [0.2, 0.25) is 5.91 Å². The van der Waals surface area contributed by atoms with Crippen LogP contribution in [-0.2, 0) is 16.1 Å². The summed E-state index contributed by atoms with van der Waals surface area (Å²) < 4.78 is 7.38. The second-order valence-electron chi connectivity index (χ2n) is 7.09. The lowest BCUT2D eigenvalue weighted by Crippen LogP contribution is -2.51. The lowest BCUT2D eigenvalue weighted by molar-refractivity contribution is -0.133. The largest absolute Gasteiger partial charge is 0.373 e. The second kappa shape index (κ2) is 7.37. The normalized spacial score (nSPS) is 28.5. The Morgan fingerprint density at radius 1 is 1.33 bits per heavy atom. The molecule has 1 aromatic heterocycles. The molecule has 0 saturated carbocycles. The molecule has 1 aromatic rings. The quantitative estimate of drug-likeness (QED) is 0.819. The summed E-state index contributed by atoms with van der Waals surface area (Å²) in [5.74, 6) is 0.0652. The van der Waals surface area contributed by atoms with Crippen LogP contribution in [-0.4, -0.2) is 64.7 Å². The van der Waals surface area contributed by atoms with E-state index in [0.717, 1.165) is 56.1 Å². The minimum Gasteiger partial charge on any atom is -0.373 e. The average molecular weight is 353 g/mol. The maximum Gasteiger partial charge on any atom is 0.307 e. The molecule has 3 rings (SSSR count). The highest BCUT2D eigenvalue weighted by Gasteiger charge is 2.32. The highest BCUT2D eigenvalue weighted by molar-refractivity contribution is 7.07. The monoisotopic (exact) mass is 353 g/mol. The van der Waals surface area contributed by atoms with Crippen molar-refractivity contribution in [1.29, 1.82) is 0 Å². The first-order valence-electron chi connectivity index (χ1n) is 8.76. The van der Waals surface area contributed by atoms with Crippen LogP contribution in [0.2, 0.25) is 0 Å². The van der Waals surface area contributed by atoms with Crippen molar-refractivity contribution in [1.82, 2.24) is 14.4 Å². The summed E-state index contributed by atoms with van der Waals surface area (Å²) in [5, 5.41) is 1.81. The van der Waals surface area contributed by atoms with Crippen LogP contribution in [0.25, 0.3) is 0 Å². The number of nitrogens with zero attached hydrogens (tertiary/aromatic N) is 3. The molecule has 0 N–H and O–H groups in total. The van der Waals surface area contributed by atoms with Crippen molar-refractivity contribution >= 4 is 17.2 Å². The number of aromatic nitrogens is 1. The topological polar surface area (TPSA) is 54.8 Å². The van der Waals surface area contributed by atoms with Crippen molar-refractivity contribution in [3.8, 4) is 0 Å². The number of ether oxygens (including phenoxy) is 1. The fraction of sp³-hybridized carbons (Fsp3) is 0.765. The smallest absolute Gasteiger partial charge is 0.307 e. The summed E-state index contributed by atoms with van der Waals surface area (Å²) >= 11 is 1.16. The molecule has 6 nitrogen and oxygen atoms in total. The number of hydrogen-bond acceptors (Lipinski definition) is 5. The molecule has 24 heavy (non-hydrogen) atoms. The second-order valence-corrected chi connectivity index (χ2v) is 7.91. The number of carbonyl (C=O) groups excluding carboxylic acids is 1. The summed E-state index contributed by atoms with van der Waals surface area (Å²) in [7, 11) is 0. The van der Waals surface area contributed by atoms with Crippen LogP contribution < -0.4 is 4.87 Å². The molecule has 2 aliphatic rings. The Morgan fingerprint density at radius 2 is 2.04 bits per heavy atom. The number of thiazole rings is 1. The molecule has 0 aromatic carbocycles. The molecule has 134 valence electrons. The number of rotatable bonds is 4. The molecule has 3 atom stereocenters. The molecule has 2 fully saturated rings. The zero-order valence-corrected chi connectivity index (χ0v) is 15.6. The Kier molecular flexibility index (Phi) is 5.42. The minimum absolute atomic E-state index is 0.0487. The highest BCUT2D eigenvalue weighted by Crippen LogP contribution is 2.21. The zero-order chi connectivity index (χ0) is 17.3. The van der Waals surface area contributed by atoms with Crippen LogP contribution >= 0.6 is 11.3 Å². The Bertz CT molecular complexity index is 631. The summed E-state index contributed by atoms with van der Waals surface area (Å²) in [4.78, 5) is 28.9. The van der Waals surface area contributed by atoms with Crippen LogP contribution in [0.1, 0.15) is 32.4 Å². The van der Waals surface area contributed by atoms with Crippen molar-refractivity contribution in [2.75, 3.05) is 26.2 Å². The number of aryl methyl sites for hydroxylation is 1. The standard InChI is InChI=1S/C17H27N3O3S/c1-12-11-24-17(22)20(12)10-16(21)19-6-4-5-15(19)9-18-7-13(2)23-14(3)8-18/h11,13-15H,4-10H2,1-3H3. The number of amides is 1. The van der Waals surface area contributed by atoms with Gasteiger partial charge in [-0.3, -0.25) is 19.1 Å². The van der Waals surface area contributed by atoms with E-state index in [1.807, 2.05) is 17.2 Å². The van der Waals surface area contributed by atoms with Crippen molar-refractivity contribution in [2.45, 2.75) is 58.4 Å². The minimum atomic E-state index is -0.0487. The first kappa shape index (κ1) is 17.6. The first-order valence-corrected chi connectivity index (χ1v) is 9.64. The molecule has 7 heteroatoms. The number of carbonyl (C=O) groups is 1. The molecule has 0 bridgehead atoms. The molecule has 0 spiro atoms. The average Bonchev–Trinajstić information content (AvgIpc) is 3.08. The van der Waals surface area contributed by atoms with Gasteiger partial charge in [0.15, 0.2) is 0 Å². The first-order chi connectivity index (χ1) is 11.4. The SMILES string of the molecule is Cc1csc(=O)n1CC(=O)N1CCCC1CN1CC(C)OC(C)C1. The van der Waals surface area contributed by atoms with Gasteiger partial charge >= 0.3 is 4.87 Å². The summed E-state index contributed by atoms with van der Waals surface area (Å²) in [6.45, 7) is 9.80. The number of likely N-dealkylation sites (tertiary alicyclic amines) is 1. The van der Waals surface area contributed by atoms with E-state index in [0.29, 0.717) is 0 Å². The van der Waals surface area contributed by atoms with Crippen LogP contribution in [0, 0.1) is 6.92 Å². The Morgan fingerprint density at radius 3 is 2.67 bits per heavy atom. The van der Waals surface area contributed by atoms with E-state index in [1.165, 1.54) is 0 Å². The van der Waals surface area contributed by atoms with Gasteiger partial charge in [0.05, 0.1) is 12.2 Å². The predicted octanol–water partition coefficient (Wildman–Crippen LogP) is 1.32. The lowest BCUT2D eigenvalue weighted by Gasteiger charge is -2.38. The van der Waals surface area contributed by atoms with Crippen LogP contribution in [0.5, 0.6) is 0 Å². The van der Waals surface area contributed by atoms with Crippen molar-refractivity contribution < 1.29 is 9.53 Å². The molecule has 0 aliphatic carbocycles. The fourth-order valence-corrected chi connectivity index (χ4v) is 4.64. The molecule has 1 amide bonds. The van der Waals surface area contributed by atoms with Gasteiger partial charge in [0, 0.05) is 43.3 Å². The Labute approximate surface area is 147 Å². The predicted molar refractivity (Wildman–Crippen MR) is 94.5 cm³/mol. The van der Waals surface area contributed by atoms with Gasteiger partial charge in [-0.15, -0.1) is 0 Å². The van der Waals surface area contributed by atoms with Gasteiger partial charge in [-0.05, 0) is 33.6 Å². The lowest BCUT2D eigenvalue weighted by atomic mass is 10.1. The van der Waals surface area contributed by atoms with Crippen molar-refractivity contribution in [2.24, 2.45) is 0 Å². The van der Waals surface area contributed by atoms with E-state index in [4.69, 9.17) is 4.74 Å². The third-order valence-corrected chi connectivity index (χ3v) is 5.81. The highest BCUT2D eigenvalue weighted by atomic mass is 32.1. The van der Waals surface area contributed by atoms with Gasteiger partial charge < -0.3 is 9.64 Å². The maximum atomic E-state index is 12.7. The van der Waals surface area contributed by atoms with Crippen molar-refractivity contribution in [3.63, 3.8) is 0 Å². The third-order valence-electron chi connectivity index (χ3n) is 4.93. The van der Waals surface area contributed by atoms with E-state index in [1.54, 1.807) is 4.57 Å². The molecule has 2 saturated heterocycles. The molecule has 3 unspecified atom stereocenters. The molecule has 3 heterocycles. The van der Waals surface area contributed by atoms with E-state index in [2.05, 4.69) is 18.7 Å². The van der Waals surface area contributed by atoms with E-state index >= 15 is 0 Å². The van der Waals surface area contributed by atoms with E-state index < -0.39 is 0 Å². The number of morpholine rings is 1. The van der Waals surface area contributed by atoms with Gasteiger partial charge in [0.25, 0.3) is 0 Å². The van der Waals surface area contributed by atoms with Gasteiger partial charge in [-0.1, -0.05) is 11.3 Å². The van der Waals surface area contributed by atoms with Crippen LogP contribution in [0.15, 0.2) is 10.2 Å². The molecule has 2 aliphatic heterocycles. The Balaban J connectivity index is 1.62. The van der Waals surface area contributed by atoms with E-state index in [-0.39, 0.29) is 35.6 Å². The summed E-state index contributed by atoms with van der Waals surface area (Å²) in [5.41, 5.74) is 0.866. The van der Waals surface area contributed by atoms with Crippen LogP contribution in [0.3, 0.4) is 0 Å². The van der Waals surface area contributed by atoms with Gasteiger partial charge in [-0.25, -0.2) is 0 Å². The van der Waals surface area contributed by atoms with Crippen molar-refractivity contribution in [3.05, 3.63) is 20.7 Å². The summed E-state index contributed by atoms with van der Waals surface area (Å²) in [6.07, 6.45) is 2.57. The molecular weight excluding hydrogens is 326 g/mol. The zero-order valence-electron chi connectivity index (χ0n) is 14.7. The van der Waals surface area contributed by atoms with Gasteiger partial charge in [-0.2, -0.15) is 0 Å². The summed E-state index contributed by atoms with van der Waals surface area (Å²) in [6, 6.07) is 0.254.